The van der Waals surface area contributed by atoms with Gasteiger partial charge in [-0.15, -0.1) is 0 Å². The Kier molecular flexibility index (Phi) is 5.88. The number of nitrogens with two attached hydrogens (primary N) is 1. The quantitative estimate of drug-likeness (QED) is 0.410. The largest absolute Gasteiger partial charge is 0.298 e. The first-order valence-electron chi connectivity index (χ1n) is 6.56. The molecule has 100 valence electrons. The van der Waals surface area contributed by atoms with Crippen LogP contribution in [0.5, 0.6) is 0 Å². The van der Waals surface area contributed by atoms with Gasteiger partial charge in [0, 0.05) is 38.1 Å². The third kappa shape index (κ3) is 4.26. The Labute approximate surface area is 104 Å². The van der Waals surface area contributed by atoms with Crippen molar-refractivity contribution in [3.05, 3.63) is 0 Å². The van der Waals surface area contributed by atoms with Crippen molar-refractivity contribution >= 4 is 5.91 Å². The van der Waals surface area contributed by atoms with Crippen molar-refractivity contribution in [2.24, 2.45) is 5.84 Å². The molecule has 0 aromatic heterocycles. The van der Waals surface area contributed by atoms with Crippen molar-refractivity contribution in [2.75, 3.05) is 26.2 Å². The standard InChI is InChI=1S/C12H26N4O/c1-4-15-7-8-16(9-11(15)3)10(2)5-6-12(17)14-13/h10-11H,4-9,13H2,1-3H3,(H,14,17). The van der Waals surface area contributed by atoms with E-state index in [9.17, 15) is 4.79 Å². The second-order valence-corrected chi connectivity index (χ2v) is 4.93. The number of carbonyl (C=O) groups excluding carboxylic acids is 1. The molecule has 2 atom stereocenters. The highest BCUT2D eigenvalue weighted by molar-refractivity contribution is 5.75. The number of likely N-dealkylation sites (N-methyl/N-ethyl adjacent to an activating group) is 1. The minimum Gasteiger partial charge on any atom is -0.298 e. The van der Waals surface area contributed by atoms with E-state index < -0.39 is 0 Å². The Hall–Kier alpha value is -0.650. The van der Waals surface area contributed by atoms with Gasteiger partial charge in [0.05, 0.1) is 0 Å². The molecule has 3 N–H and O–H groups in total. The van der Waals surface area contributed by atoms with Gasteiger partial charge in [-0.2, -0.15) is 0 Å². The predicted molar refractivity (Wildman–Crippen MR) is 69.3 cm³/mol. The zero-order chi connectivity index (χ0) is 12.8. The fraction of sp³-hybridized carbons (Fsp3) is 0.917. The van der Waals surface area contributed by atoms with E-state index in [1.54, 1.807) is 0 Å². The van der Waals surface area contributed by atoms with Crippen LogP contribution in [0.2, 0.25) is 0 Å². The van der Waals surface area contributed by atoms with Gasteiger partial charge >= 0.3 is 0 Å². The number of hydrogen-bond donors (Lipinski definition) is 2. The summed E-state index contributed by atoms with van der Waals surface area (Å²) in [6.45, 7) is 11.1. The van der Waals surface area contributed by atoms with E-state index >= 15 is 0 Å². The Morgan fingerprint density at radius 2 is 2.24 bits per heavy atom. The van der Waals surface area contributed by atoms with Gasteiger partial charge in [-0.25, -0.2) is 5.84 Å². The molecule has 1 amide bonds. The second kappa shape index (κ2) is 6.93. The van der Waals surface area contributed by atoms with E-state index in [2.05, 4.69) is 36.0 Å². The van der Waals surface area contributed by atoms with E-state index in [4.69, 9.17) is 5.84 Å². The van der Waals surface area contributed by atoms with Gasteiger partial charge in [-0.1, -0.05) is 6.92 Å². The van der Waals surface area contributed by atoms with Crippen LogP contribution in [0.4, 0.5) is 0 Å². The topological polar surface area (TPSA) is 61.6 Å². The van der Waals surface area contributed by atoms with Crippen LogP contribution < -0.4 is 11.3 Å². The van der Waals surface area contributed by atoms with Crippen LogP contribution >= 0.6 is 0 Å². The molecular weight excluding hydrogens is 216 g/mol. The fourth-order valence-corrected chi connectivity index (χ4v) is 2.49. The van der Waals surface area contributed by atoms with Crippen molar-refractivity contribution in [3.63, 3.8) is 0 Å². The van der Waals surface area contributed by atoms with Crippen LogP contribution in [0, 0.1) is 0 Å². The van der Waals surface area contributed by atoms with Crippen LogP contribution in [0.25, 0.3) is 0 Å². The second-order valence-electron chi connectivity index (χ2n) is 4.93. The highest BCUT2D eigenvalue weighted by Gasteiger charge is 2.25. The SMILES string of the molecule is CCN1CCN(C(C)CCC(=O)NN)CC1C. The summed E-state index contributed by atoms with van der Waals surface area (Å²) in [6, 6.07) is 1.06. The average Bonchev–Trinajstić information content (AvgIpc) is 2.35. The van der Waals surface area contributed by atoms with Crippen LogP contribution in [-0.2, 0) is 4.79 Å². The van der Waals surface area contributed by atoms with Gasteiger partial charge in [0.1, 0.15) is 0 Å². The maximum atomic E-state index is 11.1. The predicted octanol–water partition coefficient (Wildman–Crippen LogP) is 0.171. The van der Waals surface area contributed by atoms with E-state index in [-0.39, 0.29) is 5.91 Å². The number of amides is 1. The highest BCUT2D eigenvalue weighted by Crippen LogP contribution is 2.14. The van der Waals surface area contributed by atoms with E-state index in [0.29, 0.717) is 18.5 Å². The van der Waals surface area contributed by atoms with Gasteiger partial charge in [-0.3, -0.25) is 20.0 Å². The van der Waals surface area contributed by atoms with Gasteiger partial charge in [0.15, 0.2) is 0 Å². The Balaban J connectivity index is 2.33. The molecule has 0 bridgehead atoms. The normalized spacial score (nSPS) is 24.6. The molecule has 1 saturated heterocycles. The molecule has 1 aliphatic rings. The van der Waals surface area contributed by atoms with E-state index in [1.165, 1.54) is 0 Å². The molecule has 1 fully saturated rings. The summed E-state index contributed by atoms with van der Waals surface area (Å²) in [5, 5.41) is 0. The third-order valence-corrected chi connectivity index (χ3v) is 3.78. The van der Waals surface area contributed by atoms with Crippen molar-refractivity contribution in [3.8, 4) is 0 Å². The Bertz CT molecular complexity index is 247. The maximum absolute atomic E-state index is 11.1. The molecule has 2 unspecified atom stereocenters. The van der Waals surface area contributed by atoms with E-state index in [0.717, 1.165) is 32.6 Å². The number of hydrazine groups is 1. The van der Waals surface area contributed by atoms with Crippen molar-refractivity contribution in [1.82, 2.24) is 15.2 Å². The molecular formula is C12H26N4O. The minimum absolute atomic E-state index is 0.0721. The monoisotopic (exact) mass is 242 g/mol. The summed E-state index contributed by atoms with van der Waals surface area (Å²) in [5.41, 5.74) is 2.18. The van der Waals surface area contributed by atoms with Gasteiger partial charge in [0.2, 0.25) is 5.91 Å². The molecule has 0 aliphatic carbocycles. The summed E-state index contributed by atoms with van der Waals surface area (Å²) in [4.78, 5) is 16.1. The molecule has 0 saturated carbocycles. The number of piperazine rings is 1. The lowest BCUT2D eigenvalue weighted by atomic mass is 10.1. The molecule has 0 aromatic rings. The molecule has 1 rings (SSSR count). The molecule has 1 heterocycles. The lowest BCUT2D eigenvalue weighted by molar-refractivity contribution is -0.121. The number of rotatable bonds is 5. The van der Waals surface area contributed by atoms with Crippen LogP contribution in [0.1, 0.15) is 33.6 Å². The van der Waals surface area contributed by atoms with Crippen molar-refractivity contribution in [1.29, 1.82) is 0 Å². The molecule has 0 aromatic carbocycles. The summed E-state index contributed by atoms with van der Waals surface area (Å²) >= 11 is 0. The minimum atomic E-state index is -0.0721. The Morgan fingerprint density at radius 1 is 1.53 bits per heavy atom. The maximum Gasteiger partial charge on any atom is 0.233 e. The Morgan fingerprint density at radius 3 is 2.76 bits per heavy atom. The van der Waals surface area contributed by atoms with Crippen LogP contribution in [0.3, 0.4) is 0 Å². The van der Waals surface area contributed by atoms with Crippen molar-refractivity contribution < 1.29 is 4.79 Å². The zero-order valence-corrected chi connectivity index (χ0v) is 11.3. The summed E-state index contributed by atoms with van der Waals surface area (Å²) < 4.78 is 0. The number of hydrogen-bond acceptors (Lipinski definition) is 4. The van der Waals surface area contributed by atoms with Gasteiger partial charge in [-0.05, 0) is 26.8 Å². The smallest absolute Gasteiger partial charge is 0.233 e. The van der Waals surface area contributed by atoms with Gasteiger partial charge < -0.3 is 0 Å². The fourth-order valence-electron chi connectivity index (χ4n) is 2.49. The molecule has 17 heavy (non-hydrogen) atoms. The number of nitrogens with zero attached hydrogens (tertiary/aromatic N) is 2. The summed E-state index contributed by atoms with van der Waals surface area (Å²) in [6.07, 6.45) is 1.39. The van der Waals surface area contributed by atoms with E-state index in [1.807, 2.05) is 0 Å². The molecule has 0 radical (unpaired) electrons. The molecule has 5 heteroatoms. The molecule has 5 nitrogen and oxygen atoms in total. The summed E-state index contributed by atoms with van der Waals surface area (Å²) in [7, 11) is 0. The third-order valence-electron chi connectivity index (χ3n) is 3.78. The average molecular weight is 242 g/mol. The lowest BCUT2D eigenvalue weighted by Gasteiger charge is -2.42. The zero-order valence-electron chi connectivity index (χ0n) is 11.3. The van der Waals surface area contributed by atoms with Gasteiger partial charge in [0.25, 0.3) is 0 Å². The van der Waals surface area contributed by atoms with Crippen molar-refractivity contribution in [2.45, 2.75) is 45.7 Å². The first kappa shape index (κ1) is 14.4. The first-order chi connectivity index (χ1) is 8.08. The number of carbonyl (C=O) groups is 1. The summed E-state index contributed by atoms with van der Waals surface area (Å²) in [5.74, 6) is 5.00. The molecule has 1 aliphatic heterocycles. The highest BCUT2D eigenvalue weighted by atomic mass is 16.2. The lowest BCUT2D eigenvalue weighted by Crippen LogP contribution is -2.54. The van der Waals surface area contributed by atoms with Crippen LogP contribution in [0.15, 0.2) is 0 Å². The number of nitrogens with one attached hydrogen (secondary N) is 1. The van der Waals surface area contributed by atoms with Crippen LogP contribution in [-0.4, -0.2) is 54.0 Å². The molecule has 0 spiro atoms. The first-order valence-corrected chi connectivity index (χ1v) is 6.56.